The first-order valence-corrected chi connectivity index (χ1v) is 6.51. The van der Waals surface area contributed by atoms with Crippen LogP contribution in [0.25, 0.3) is 5.65 Å². The fraction of sp³-hybridized carbons (Fsp3) is 0.462. The van der Waals surface area contributed by atoms with Crippen molar-refractivity contribution in [1.29, 1.82) is 0 Å². The van der Waals surface area contributed by atoms with Crippen LogP contribution in [-0.2, 0) is 0 Å². The monoisotopic (exact) mass is 298 g/mol. The maximum Gasteiger partial charge on any atom is 0.397 e. The molecule has 5 nitrogen and oxygen atoms in total. The van der Waals surface area contributed by atoms with Crippen LogP contribution in [0.15, 0.2) is 12.3 Å². The lowest BCUT2D eigenvalue weighted by atomic mass is 9.97. The van der Waals surface area contributed by atoms with Gasteiger partial charge in [-0.05, 0) is 37.3 Å². The van der Waals surface area contributed by atoms with Gasteiger partial charge in [0.2, 0.25) is 0 Å². The molecule has 3 rings (SSSR count). The van der Waals surface area contributed by atoms with Crippen molar-refractivity contribution < 1.29 is 18.0 Å². The average molecular weight is 298 g/mol. The van der Waals surface area contributed by atoms with Crippen LogP contribution in [0.4, 0.5) is 13.2 Å². The Hall–Kier alpha value is -2.12. The number of nitrogens with two attached hydrogens (primary N) is 1. The van der Waals surface area contributed by atoms with Gasteiger partial charge in [-0.1, -0.05) is 0 Å². The summed E-state index contributed by atoms with van der Waals surface area (Å²) in [4.78, 5) is 15.7. The summed E-state index contributed by atoms with van der Waals surface area (Å²) < 4.78 is 41.1. The van der Waals surface area contributed by atoms with Gasteiger partial charge in [-0.2, -0.15) is 18.3 Å². The summed E-state index contributed by atoms with van der Waals surface area (Å²) in [7, 11) is 0. The molecule has 1 unspecified atom stereocenters. The zero-order chi connectivity index (χ0) is 15.4. The molecule has 2 aromatic heterocycles. The fourth-order valence-electron chi connectivity index (χ4n) is 2.61. The zero-order valence-corrected chi connectivity index (χ0v) is 11.2. The maximum atomic E-state index is 13.3. The van der Waals surface area contributed by atoms with Crippen LogP contribution in [0.2, 0.25) is 0 Å². The SMILES string of the molecule is Cc1ccnn2c(C(N)=O)c(C(C3CC3)C(F)(F)F)nc12. The molecule has 1 aliphatic carbocycles. The highest BCUT2D eigenvalue weighted by molar-refractivity contribution is 5.93. The molecule has 0 saturated heterocycles. The summed E-state index contributed by atoms with van der Waals surface area (Å²) >= 11 is 0. The number of fused-ring (bicyclic) bond motifs is 1. The van der Waals surface area contributed by atoms with Crippen LogP contribution >= 0.6 is 0 Å². The summed E-state index contributed by atoms with van der Waals surface area (Å²) in [6.07, 6.45) is -2.11. The highest BCUT2D eigenvalue weighted by atomic mass is 19.4. The van der Waals surface area contributed by atoms with Gasteiger partial charge in [0, 0.05) is 6.20 Å². The first kappa shape index (κ1) is 13.8. The molecule has 0 aromatic carbocycles. The molecule has 21 heavy (non-hydrogen) atoms. The molecule has 2 aromatic rings. The molecule has 1 saturated carbocycles. The number of hydrogen-bond acceptors (Lipinski definition) is 3. The predicted molar refractivity (Wildman–Crippen MR) is 67.8 cm³/mol. The van der Waals surface area contributed by atoms with Gasteiger partial charge in [-0.25, -0.2) is 9.50 Å². The average Bonchev–Trinajstić information content (AvgIpc) is 3.07. The summed E-state index contributed by atoms with van der Waals surface area (Å²) in [6.45, 7) is 1.69. The second-order valence-electron chi connectivity index (χ2n) is 5.32. The molecule has 1 atom stereocenters. The molecule has 1 fully saturated rings. The number of hydrogen-bond donors (Lipinski definition) is 1. The highest BCUT2D eigenvalue weighted by Gasteiger charge is 2.52. The Labute approximate surface area is 118 Å². The van der Waals surface area contributed by atoms with Gasteiger partial charge < -0.3 is 5.73 Å². The quantitative estimate of drug-likeness (QED) is 0.944. The molecule has 1 amide bonds. The van der Waals surface area contributed by atoms with Crippen molar-refractivity contribution in [3.8, 4) is 0 Å². The summed E-state index contributed by atoms with van der Waals surface area (Å²) in [6, 6.07) is 1.62. The third-order valence-corrected chi connectivity index (χ3v) is 3.71. The van der Waals surface area contributed by atoms with Gasteiger partial charge in [0.15, 0.2) is 11.3 Å². The molecule has 0 spiro atoms. The van der Waals surface area contributed by atoms with Crippen LogP contribution in [-0.4, -0.2) is 26.7 Å². The van der Waals surface area contributed by atoms with E-state index >= 15 is 0 Å². The molecule has 8 heteroatoms. The number of halogens is 3. The Bertz CT molecular complexity index is 718. The number of alkyl halides is 3. The second kappa shape index (κ2) is 4.44. The van der Waals surface area contributed by atoms with E-state index in [0.717, 1.165) is 4.52 Å². The highest BCUT2D eigenvalue weighted by Crippen LogP contribution is 2.51. The summed E-state index contributed by atoms with van der Waals surface area (Å²) in [5.41, 5.74) is 5.56. The number of amides is 1. The molecule has 0 radical (unpaired) electrons. The van der Waals surface area contributed by atoms with E-state index < -0.39 is 23.9 Å². The van der Waals surface area contributed by atoms with E-state index in [2.05, 4.69) is 10.1 Å². The zero-order valence-electron chi connectivity index (χ0n) is 11.2. The van der Waals surface area contributed by atoms with E-state index in [0.29, 0.717) is 18.4 Å². The predicted octanol–water partition coefficient (Wildman–Crippen LogP) is 2.19. The van der Waals surface area contributed by atoms with Crippen molar-refractivity contribution in [3.05, 3.63) is 29.2 Å². The van der Waals surface area contributed by atoms with Gasteiger partial charge in [0.05, 0.1) is 5.69 Å². The molecule has 0 bridgehead atoms. The number of rotatable bonds is 3. The smallest absolute Gasteiger partial charge is 0.364 e. The third-order valence-electron chi connectivity index (χ3n) is 3.71. The van der Waals surface area contributed by atoms with E-state index in [-0.39, 0.29) is 17.0 Å². The Morgan fingerprint density at radius 1 is 1.48 bits per heavy atom. The van der Waals surface area contributed by atoms with Gasteiger partial charge in [0.1, 0.15) is 5.92 Å². The van der Waals surface area contributed by atoms with Crippen LogP contribution in [0.1, 0.15) is 40.5 Å². The molecular weight excluding hydrogens is 285 g/mol. The van der Waals surface area contributed by atoms with Crippen molar-refractivity contribution in [2.45, 2.75) is 31.9 Å². The van der Waals surface area contributed by atoms with Crippen LogP contribution in [0.3, 0.4) is 0 Å². The third kappa shape index (κ3) is 2.24. The lowest BCUT2D eigenvalue weighted by Crippen LogP contribution is -2.27. The summed E-state index contributed by atoms with van der Waals surface area (Å²) in [5.74, 6) is -3.25. The van der Waals surface area contributed by atoms with Crippen LogP contribution < -0.4 is 5.73 Å². The Morgan fingerprint density at radius 2 is 2.14 bits per heavy atom. The molecular formula is C13H13F3N4O. The van der Waals surface area contributed by atoms with Crippen molar-refractivity contribution in [1.82, 2.24) is 14.6 Å². The second-order valence-corrected chi connectivity index (χ2v) is 5.32. The van der Waals surface area contributed by atoms with E-state index in [1.165, 1.54) is 6.20 Å². The normalized spacial score (nSPS) is 17.1. The standard InChI is InChI=1S/C13H13F3N4O/c1-6-4-5-18-20-10(11(17)21)9(19-12(6)20)8(7-2-3-7)13(14,15)16/h4-5,7-8H,2-3H2,1H3,(H2,17,21). The van der Waals surface area contributed by atoms with Gasteiger partial charge in [0.25, 0.3) is 5.91 Å². The first-order chi connectivity index (χ1) is 9.80. The number of carbonyl (C=O) groups excluding carboxylic acids is 1. The minimum Gasteiger partial charge on any atom is -0.364 e. The summed E-state index contributed by atoms with van der Waals surface area (Å²) in [5, 5.41) is 3.91. The Kier molecular flexibility index (Phi) is 2.93. The van der Waals surface area contributed by atoms with E-state index in [4.69, 9.17) is 5.73 Å². The van der Waals surface area contributed by atoms with Gasteiger partial charge in [-0.3, -0.25) is 4.79 Å². The molecule has 2 heterocycles. The van der Waals surface area contributed by atoms with Crippen LogP contribution in [0.5, 0.6) is 0 Å². The lowest BCUT2D eigenvalue weighted by molar-refractivity contribution is -0.155. The number of aromatic nitrogens is 3. The first-order valence-electron chi connectivity index (χ1n) is 6.51. The largest absolute Gasteiger partial charge is 0.397 e. The lowest BCUT2D eigenvalue weighted by Gasteiger charge is -2.18. The van der Waals surface area contributed by atoms with Crippen LogP contribution in [0, 0.1) is 12.8 Å². The number of imidazole rings is 1. The minimum absolute atomic E-state index is 0.233. The van der Waals surface area contributed by atoms with Crippen molar-refractivity contribution >= 4 is 11.6 Å². The number of aryl methyl sites for hydroxylation is 1. The molecule has 2 N–H and O–H groups in total. The molecule has 0 aliphatic heterocycles. The van der Waals surface area contributed by atoms with E-state index in [1.807, 2.05) is 0 Å². The Balaban J connectivity index is 2.28. The van der Waals surface area contributed by atoms with Crippen molar-refractivity contribution in [2.24, 2.45) is 11.7 Å². The number of primary amides is 1. The number of carbonyl (C=O) groups is 1. The van der Waals surface area contributed by atoms with E-state index in [1.54, 1.807) is 13.0 Å². The topological polar surface area (TPSA) is 73.3 Å². The van der Waals surface area contributed by atoms with Crippen molar-refractivity contribution in [2.75, 3.05) is 0 Å². The molecule has 1 aliphatic rings. The number of nitrogens with zero attached hydrogens (tertiary/aromatic N) is 3. The van der Waals surface area contributed by atoms with Crippen molar-refractivity contribution in [3.63, 3.8) is 0 Å². The minimum atomic E-state index is -4.46. The van der Waals surface area contributed by atoms with E-state index in [9.17, 15) is 18.0 Å². The van der Waals surface area contributed by atoms with Gasteiger partial charge in [-0.15, -0.1) is 0 Å². The maximum absolute atomic E-state index is 13.3. The Morgan fingerprint density at radius 3 is 2.67 bits per heavy atom. The fourth-order valence-corrected chi connectivity index (χ4v) is 2.61. The van der Waals surface area contributed by atoms with Gasteiger partial charge >= 0.3 is 6.18 Å². The molecule has 112 valence electrons.